The highest BCUT2D eigenvalue weighted by atomic mass is 16.2. The van der Waals surface area contributed by atoms with E-state index in [1.165, 1.54) is 6.42 Å². The Kier molecular flexibility index (Phi) is 7.35. The molecule has 1 aliphatic rings. The van der Waals surface area contributed by atoms with Crippen LogP contribution in [0.4, 0.5) is 4.79 Å². The average Bonchev–Trinajstić information content (AvgIpc) is 2.83. The fourth-order valence-electron chi connectivity index (χ4n) is 4.93. The highest BCUT2D eigenvalue weighted by Gasteiger charge is 2.29. The SMILES string of the molecule is Cc1ccccc1-n1c(C(C)N(CC(C)C)C(=O)NC2CCCCC2)nc2ccccc2c1=O. The van der Waals surface area contributed by atoms with E-state index >= 15 is 0 Å². The molecule has 2 aromatic carbocycles. The second-order valence-corrected chi connectivity index (χ2v) is 9.92. The van der Waals surface area contributed by atoms with E-state index in [4.69, 9.17) is 4.98 Å². The van der Waals surface area contributed by atoms with Crippen LogP contribution in [0.5, 0.6) is 0 Å². The van der Waals surface area contributed by atoms with Crippen molar-refractivity contribution < 1.29 is 4.79 Å². The van der Waals surface area contributed by atoms with Gasteiger partial charge >= 0.3 is 6.03 Å². The number of aromatic nitrogens is 2. The van der Waals surface area contributed by atoms with Crippen molar-refractivity contribution in [2.75, 3.05) is 6.54 Å². The summed E-state index contributed by atoms with van der Waals surface area (Å²) in [6, 6.07) is 15.0. The predicted octanol–water partition coefficient (Wildman–Crippen LogP) is 5.76. The minimum absolute atomic E-state index is 0.0770. The summed E-state index contributed by atoms with van der Waals surface area (Å²) >= 11 is 0. The molecule has 0 aliphatic heterocycles. The summed E-state index contributed by atoms with van der Waals surface area (Å²) in [5.74, 6) is 0.857. The molecule has 0 spiro atoms. The molecular weight excluding hydrogens is 424 g/mol. The number of hydrogen-bond acceptors (Lipinski definition) is 3. The first-order valence-electron chi connectivity index (χ1n) is 12.5. The van der Waals surface area contributed by atoms with Crippen LogP contribution in [0.3, 0.4) is 0 Å². The van der Waals surface area contributed by atoms with Crippen molar-refractivity contribution in [1.29, 1.82) is 0 Å². The normalized spacial score (nSPS) is 15.4. The molecule has 1 aromatic heterocycles. The van der Waals surface area contributed by atoms with Crippen LogP contribution in [0.25, 0.3) is 16.6 Å². The number of rotatable bonds is 6. The van der Waals surface area contributed by atoms with Crippen LogP contribution in [-0.2, 0) is 0 Å². The van der Waals surface area contributed by atoms with Gasteiger partial charge in [0, 0.05) is 12.6 Å². The van der Waals surface area contributed by atoms with E-state index in [0.717, 1.165) is 36.9 Å². The standard InChI is InChI=1S/C28H36N4O2/c1-19(2)18-31(28(34)29-22-13-6-5-7-14-22)21(4)26-30-24-16-10-9-15-23(24)27(33)32(26)25-17-11-8-12-20(25)3/h8-12,15-17,19,21-22H,5-7,13-14,18H2,1-4H3,(H,29,34). The monoisotopic (exact) mass is 460 g/mol. The zero-order valence-electron chi connectivity index (χ0n) is 20.8. The molecule has 1 N–H and O–H groups in total. The molecule has 3 aromatic rings. The number of nitrogens with one attached hydrogen (secondary N) is 1. The molecule has 4 rings (SSSR count). The molecule has 0 bridgehead atoms. The second-order valence-electron chi connectivity index (χ2n) is 9.92. The van der Waals surface area contributed by atoms with Crippen molar-refractivity contribution >= 4 is 16.9 Å². The minimum Gasteiger partial charge on any atom is -0.335 e. The first-order valence-corrected chi connectivity index (χ1v) is 12.5. The van der Waals surface area contributed by atoms with E-state index in [1.807, 2.05) is 67.3 Å². The molecule has 1 unspecified atom stereocenters. The van der Waals surface area contributed by atoms with Gasteiger partial charge in [-0.1, -0.05) is 63.4 Å². The van der Waals surface area contributed by atoms with Crippen molar-refractivity contribution in [2.45, 2.75) is 71.9 Å². The highest BCUT2D eigenvalue weighted by molar-refractivity contribution is 5.78. The Morgan fingerprint density at radius 3 is 2.44 bits per heavy atom. The number of urea groups is 1. The van der Waals surface area contributed by atoms with Crippen molar-refractivity contribution in [3.63, 3.8) is 0 Å². The van der Waals surface area contributed by atoms with Gasteiger partial charge in [-0.25, -0.2) is 9.78 Å². The number of amides is 2. The molecule has 0 radical (unpaired) electrons. The molecule has 1 saturated carbocycles. The summed E-state index contributed by atoms with van der Waals surface area (Å²) in [6.45, 7) is 8.77. The van der Waals surface area contributed by atoms with Crippen molar-refractivity contribution in [3.8, 4) is 5.69 Å². The van der Waals surface area contributed by atoms with Gasteiger partial charge in [-0.2, -0.15) is 0 Å². The van der Waals surface area contributed by atoms with Crippen LogP contribution in [0.15, 0.2) is 53.3 Å². The number of carbonyl (C=O) groups is 1. The molecule has 1 atom stereocenters. The van der Waals surface area contributed by atoms with Gasteiger partial charge in [0.15, 0.2) is 0 Å². The lowest BCUT2D eigenvalue weighted by atomic mass is 9.96. The maximum Gasteiger partial charge on any atom is 0.318 e. The maximum atomic E-state index is 13.7. The van der Waals surface area contributed by atoms with Crippen LogP contribution in [-0.4, -0.2) is 33.1 Å². The lowest BCUT2D eigenvalue weighted by Gasteiger charge is -2.34. The molecule has 180 valence electrons. The highest BCUT2D eigenvalue weighted by Crippen LogP contribution is 2.26. The third kappa shape index (κ3) is 5.01. The van der Waals surface area contributed by atoms with E-state index in [1.54, 1.807) is 4.57 Å². The zero-order chi connectivity index (χ0) is 24.2. The maximum absolute atomic E-state index is 13.7. The first-order chi connectivity index (χ1) is 16.4. The van der Waals surface area contributed by atoms with Crippen molar-refractivity contribution in [1.82, 2.24) is 19.8 Å². The smallest absolute Gasteiger partial charge is 0.318 e. The Labute approximate surface area is 202 Å². The van der Waals surface area contributed by atoms with Crippen molar-refractivity contribution in [3.05, 3.63) is 70.3 Å². The minimum atomic E-state index is -0.386. The van der Waals surface area contributed by atoms with Gasteiger partial charge in [0.25, 0.3) is 5.56 Å². The third-order valence-electron chi connectivity index (χ3n) is 6.75. The lowest BCUT2D eigenvalue weighted by molar-refractivity contribution is 0.160. The van der Waals surface area contributed by atoms with E-state index in [-0.39, 0.29) is 29.6 Å². The Balaban J connectivity index is 1.82. The van der Waals surface area contributed by atoms with Gasteiger partial charge in [-0.05, 0) is 56.4 Å². The Morgan fingerprint density at radius 2 is 1.74 bits per heavy atom. The summed E-state index contributed by atoms with van der Waals surface area (Å²) in [6.07, 6.45) is 5.60. The Hall–Kier alpha value is -3.15. The molecule has 34 heavy (non-hydrogen) atoms. The molecule has 2 amide bonds. The van der Waals surface area contributed by atoms with Crippen molar-refractivity contribution in [2.24, 2.45) is 5.92 Å². The van der Waals surface area contributed by atoms with Crippen LogP contribution in [0, 0.1) is 12.8 Å². The third-order valence-corrected chi connectivity index (χ3v) is 6.75. The van der Waals surface area contributed by atoms with Gasteiger partial charge in [0.05, 0.1) is 22.6 Å². The molecule has 0 saturated heterocycles. The molecule has 1 heterocycles. The lowest BCUT2D eigenvalue weighted by Crippen LogP contribution is -2.48. The number of carbonyl (C=O) groups excluding carboxylic acids is 1. The first kappa shape index (κ1) is 24.0. The number of aryl methyl sites for hydroxylation is 1. The molecule has 6 heteroatoms. The van der Waals surface area contributed by atoms with Crippen LogP contribution in [0.2, 0.25) is 0 Å². The summed E-state index contributed by atoms with van der Waals surface area (Å²) in [7, 11) is 0. The number of fused-ring (bicyclic) bond motifs is 1. The van der Waals surface area contributed by atoms with E-state index in [2.05, 4.69) is 19.2 Å². The summed E-state index contributed by atoms with van der Waals surface area (Å²) in [5, 5.41) is 3.84. The fourth-order valence-corrected chi connectivity index (χ4v) is 4.93. The van der Waals surface area contributed by atoms with E-state index < -0.39 is 0 Å². The average molecular weight is 461 g/mol. The summed E-state index contributed by atoms with van der Waals surface area (Å²) in [5.41, 5.74) is 2.32. The molecular formula is C28H36N4O2. The Bertz CT molecular complexity index is 1210. The summed E-state index contributed by atoms with van der Waals surface area (Å²) in [4.78, 5) is 34.1. The van der Waals surface area contributed by atoms with Crippen LogP contribution >= 0.6 is 0 Å². The number of nitrogens with zero attached hydrogens (tertiary/aromatic N) is 3. The molecule has 6 nitrogen and oxygen atoms in total. The quantitative estimate of drug-likeness (QED) is 0.509. The molecule has 1 fully saturated rings. The van der Waals surface area contributed by atoms with Crippen LogP contribution < -0.4 is 10.9 Å². The van der Waals surface area contributed by atoms with Gasteiger partial charge in [0.2, 0.25) is 0 Å². The zero-order valence-corrected chi connectivity index (χ0v) is 20.8. The molecule has 1 aliphatic carbocycles. The van der Waals surface area contributed by atoms with Crippen LogP contribution in [0.1, 0.15) is 70.3 Å². The van der Waals surface area contributed by atoms with Gasteiger partial charge < -0.3 is 10.2 Å². The van der Waals surface area contributed by atoms with E-state index in [0.29, 0.717) is 23.3 Å². The number of para-hydroxylation sites is 2. The number of benzene rings is 2. The van der Waals surface area contributed by atoms with Gasteiger partial charge in [0.1, 0.15) is 5.82 Å². The Morgan fingerprint density at radius 1 is 1.06 bits per heavy atom. The van der Waals surface area contributed by atoms with Gasteiger partial charge in [-0.3, -0.25) is 9.36 Å². The summed E-state index contributed by atoms with van der Waals surface area (Å²) < 4.78 is 1.70. The van der Waals surface area contributed by atoms with E-state index in [9.17, 15) is 9.59 Å². The fraction of sp³-hybridized carbons (Fsp3) is 0.464. The number of hydrogen-bond donors (Lipinski definition) is 1. The topological polar surface area (TPSA) is 67.2 Å². The largest absolute Gasteiger partial charge is 0.335 e. The van der Waals surface area contributed by atoms with Gasteiger partial charge in [-0.15, -0.1) is 0 Å². The predicted molar refractivity (Wildman–Crippen MR) is 137 cm³/mol. The second kappa shape index (κ2) is 10.4.